The molecule has 9 heteroatoms. The van der Waals surface area contributed by atoms with Crippen LogP contribution in [0.2, 0.25) is 0 Å². The third-order valence-electron chi connectivity index (χ3n) is 3.51. The van der Waals surface area contributed by atoms with Crippen molar-refractivity contribution in [1.29, 1.82) is 0 Å². The molecule has 0 bridgehead atoms. The number of ether oxygens (including phenoxy) is 1. The lowest BCUT2D eigenvalue weighted by atomic mass is 10.1. The smallest absolute Gasteiger partial charge is 0.351 e. The maximum Gasteiger partial charge on any atom is 0.351 e. The van der Waals surface area contributed by atoms with Crippen molar-refractivity contribution in [3.05, 3.63) is 30.5 Å². The summed E-state index contributed by atoms with van der Waals surface area (Å²) in [6.45, 7) is 9.43. The third-order valence-corrected chi connectivity index (χ3v) is 4.00. The quantitative estimate of drug-likeness (QED) is 0.615. The van der Waals surface area contributed by atoms with E-state index in [1.165, 1.54) is 6.33 Å². The zero-order valence-electron chi connectivity index (χ0n) is 12.7. The molecule has 0 saturated heterocycles. The van der Waals surface area contributed by atoms with Gasteiger partial charge in [-0.05, 0) is 26.3 Å². The summed E-state index contributed by atoms with van der Waals surface area (Å²) in [5.41, 5.74) is 2.85. The van der Waals surface area contributed by atoms with E-state index in [0.29, 0.717) is 16.7 Å². The van der Waals surface area contributed by atoms with Crippen LogP contribution in [0.3, 0.4) is 0 Å². The summed E-state index contributed by atoms with van der Waals surface area (Å²) >= 11 is 0. The number of rotatable bonds is 6. The first-order valence-corrected chi connectivity index (χ1v) is 8.49. The molecule has 2 aromatic heterocycles. The van der Waals surface area contributed by atoms with Gasteiger partial charge >= 0.3 is 7.60 Å². The van der Waals surface area contributed by atoms with E-state index < -0.39 is 20.0 Å². The zero-order valence-corrected chi connectivity index (χ0v) is 13.6. The number of aryl methyl sites for hydroxylation is 1. The van der Waals surface area contributed by atoms with Gasteiger partial charge in [-0.15, -0.1) is 0 Å². The van der Waals surface area contributed by atoms with Crippen molar-refractivity contribution in [2.45, 2.75) is 32.9 Å². The number of imidazole rings is 1. The van der Waals surface area contributed by atoms with E-state index in [0.717, 1.165) is 5.69 Å². The molecule has 0 saturated carbocycles. The minimum absolute atomic E-state index is 0.189. The van der Waals surface area contributed by atoms with Crippen molar-refractivity contribution < 1.29 is 19.1 Å². The van der Waals surface area contributed by atoms with E-state index in [1.807, 2.05) is 18.4 Å². The first kappa shape index (κ1) is 16.8. The fourth-order valence-corrected chi connectivity index (χ4v) is 2.50. The molecule has 0 unspecified atom stereocenters. The number of hydrogen-bond acceptors (Lipinski definition) is 5. The van der Waals surface area contributed by atoms with E-state index in [4.69, 9.17) is 14.5 Å². The van der Waals surface area contributed by atoms with Crippen molar-refractivity contribution in [3.8, 4) is 0 Å². The van der Waals surface area contributed by atoms with E-state index in [9.17, 15) is 4.57 Å². The van der Waals surface area contributed by atoms with Gasteiger partial charge in [0, 0.05) is 0 Å². The van der Waals surface area contributed by atoms with Gasteiger partial charge in [0.1, 0.15) is 18.2 Å². The number of aromatic nitrogens is 4. The molecular formula is C13H19N4O4P. The molecule has 0 fully saturated rings. The summed E-state index contributed by atoms with van der Waals surface area (Å²) in [5, 5.41) is 0. The lowest BCUT2D eigenvalue weighted by Gasteiger charge is -2.22. The highest BCUT2D eigenvalue weighted by atomic mass is 31.2. The molecular weight excluding hydrogens is 307 g/mol. The molecule has 22 heavy (non-hydrogen) atoms. The second kappa shape index (κ2) is 6.26. The highest BCUT2D eigenvalue weighted by Gasteiger charge is 2.22. The van der Waals surface area contributed by atoms with Crippen LogP contribution in [0.4, 0.5) is 0 Å². The van der Waals surface area contributed by atoms with Crippen molar-refractivity contribution in [2.75, 3.05) is 6.35 Å². The molecule has 2 N–H and O–H groups in total. The maximum atomic E-state index is 10.9. The SMILES string of the molecule is C=C([C@@H](C)OCP(=O)(O)O)[C@H](C)n1cnc2c(C)ncnc21. The first-order valence-electron chi connectivity index (χ1n) is 6.69. The Morgan fingerprint density at radius 3 is 2.73 bits per heavy atom. The highest BCUT2D eigenvalue weighted by Crippen LogP contribution is 2.35. The van der Waals surface area contributed by atoms with Gasteiger partial charge in [-0.3, -0.25) is 4.57 Å². The summed E-state index contributed by atoms with van der Waals surface area (Å²) < 4.78 is 17.9. The number of nitrogens with zero attached hydrogens (tertiary/aromatic N) is 4. The van der Waals surface area contributed by atoms with E-state index in [-0.39, 0.29) is 6.04 Å². The van der Waals surface area contributed by atoms with Gasteiger partial charge in [-0.25, -0.2) is 15.0 Å². The molecule has 0 amide bonds. The van der Waals surface area contributed by atoms with E-state index >= 15 is 0 Å². The van der Waals surface area contributed by atoms with Crippen LogP contribution in [0.1, 0.15) is 25.6 Å². The molecule has 2 atom stereocenters. The van der Waals surface area contributed by atoms with Gasteiger partial charge < -0.3 is 19.1 Å². The Labute approximate surface area is 128 Å². The van der Waals surface area contributed by atoms with Crippen LogP contribution in [-0.4, -0.2) is 41.8 Å². The number of fused-ring (bicyclic) bond motifs is 1. The van der Waals surface area contributed by atoms with Gasteiger partial charge in [-0.1, -0.05) is 6.58 Å². The van der Waals surface area contributed by atoms with Gasteiger partial charge in [0.2, 0.25) is 0 Å². The van der Waals surface area contributed by atoms with Gasteiger partial charge in [0.05, 0.1) is 24.2 Å². The van der Waals surface area contributed by atoms with Crippen LogP contribution in [0.5, 0.6) is 0 Å². The van der Waals surface area contributed by atoms with Crippen LogP contribution in [0, 0.1) is 6.92 Å². The second-order valence-corrected chi connectivity index (χ2v) is 6.72. The number of hydrogen-bond donors (Lipinski definition) is 2. The molecule has 2 rings (SSSR count). The summed E-state index contributed by atoms with van der Waals surface area (Å²) in [5.74, 6) is 0. The third kappa shape index (κ3) is 3.59. The molecule has 0 aliphatic rings. The Hall–Kier alpha value is -1.60. The Morgan fingerprint density at radius 2 is 2.09 bits per heavy atom. The van der Waals surface area contributed by atoms with Crippen LogP contribution in [0.15, 0.2) is 24.8 Å². The molecule has 2 heterocycles. The maximum absolute atomic E-state index is 10.9. The average molecular weight is 326 g/mol. The lowest BCUT2D eigenvalue weighted by Crippen LogP contribution is -2.19. The van der Waals surface area contributed by atoms with Crippen molar-refractivity contribution in [3.63, 3.8) is 0 Å². The summed E-state index contributed by atoms with van der Waals surface area (Å²) in [6.07, 6.45) is 1.98. The molecule has 120 valence electrons. The fourth-order valence-electron chi connectivity index (χ4n) is 2.09. The van der Waals surface area contributed by atoms with Gasteiger partial charge in [0.15, 0.2) is 5.65 Å². The predicted molar refractivity (Wildman–Crippen MR) is 81.4 cm³/mol. The van der Waals surface area contributed by atoms with E-state index in [1.54, 1.807) is 13.3 Å². The highest BCUT2D eigenvalue weighted by molar-refractivity contribution is 7.51. The summed E-state index contributed by atoms with van der Waals surface area (Å²) in [7, 11) is -4.20. The van der Waals surface area contributed by atoms with Gasteiger partial charge in [-0.2, -0.15) is 0 Å². The van der Waals surface area contributed by atoms with Crippen LogP contribution < -0.4 is 0 Å². The minimum atomic E-state index is -4.20. The topological polar surface area (TPSA) is 110 Å². The zero-order chi connectivity index (χ0) is 16.5. The Bertz CT molecular complexity index is 739. The van der Waals surface area contributed by atoms with Crippen LogP contribution in [0.25, 0.3) is 11.2 Å². The van der Waals surface area contributed by atoms with Crippen LogP contribution >= 0.6 is 7.60 Å². The lowest BCUT2D eigenvalue weighted by molar-refractivity contribution is 0.107. The normalized spacial score (nSPS) is 15.0. The molecule has 8 nitrogen and oxygen atoms in total. The molecule has 0 aliphatic heterocycles. The predicted octanol–water partition coefficient (Wildman–Crippen LogP) is 1.79. The molecule has 0 aromatic carbocycles. The fraction of sp³-hybridized carbons (Fsp3) is 0.462. The van der Waals surface area contributed by atoms with E-state index in [2.05, 4.69) is 21.5 Å². The summed E-state index contributed by atoms with van der Waals surface area (Å²) in [4.78, 5) is 30.4. The molecule has 0 radical (unpaired) electrons. The monoisotopic (exact) mass is 326 g/mol. The van der Waals surface area contributed by atoms with Crippen molar-refractivity contribution in [2.24, 2.45) is 0 Å². The average Bonchev–Trinajstić information content (AvgIpc) is 2.87. The Balaban J connectivity index is 2.19. The molecule has 0 spiro atoms. The Morgan fingerprint density at radius 1 is 1.41 bits per heavy atom. The van der Waals surface area contributed by atoms with Crippen molar-refractivity contribution >= 4 is 18.8 Å². The molecule has 2 aromatic rings. The Kier molecular flexibility index (Phi) is 4.77. The van der Waals surface area contributed by atoms with Crippen LogP contribution in [-0.2, 0) is 9.30 Å². The standard InChI is InChI=1S/C13H19N4O4P/c1-8(11(4)21-7-22(18,19)20)10(3)17-6-16-12-9(2)14-5-15-13(12)17/h5-6,10-11H,1,7H2,2-4H3,(H2,18,19,20)/t10-,11+/m0/s1. The molecule has 0 aliphatic carbocycles. The van der Waals surface area contributed by atoms with Gasteiger partial charge in [0.25, 0.3) is 0 Å². The second-order valence-electron chi connectivity index (χ2n) is 5.14. The first-order chi connectivity index (χ1) is 10.2. The van der Waals surface area contributed by atoms with Crippen molar-refractivity contribution in [1.82, 2.24) is 19.5 Å². The largest absolute Gasteiger partial charge is 0.361 e. The summed E-state index contributed by atoms with van der Waals surface area (Å²) in [6, 6.07) is -0.189. The minimum Gasteiger partial charge on any atom is -0.361 e.